The van der Waals surface area contributed by atoms with Gasteiger partial charge in [-0.2, -0.15) is 0 Å². The third kappa shape index (κ3) is 4.73. The van der Waals surface area contributed by atoms with E-state index in [1.54, 1.807) is 6.26 Å². The maximum Gasteiger partial charge on any atom is 0.245 e. The van der Waals surface area contributed by atoms with E-state index < -0.39 is 6.61 Å². The zero-order valence-electron chi connectivity index (χ0n) is 12.1. The van der Waals surface area contributed by atoms with Crippen molar-refractivity contribution < 1.29 is 14.3 Å². The van der Waals surface area contributed by atoms with Crippen LogP contribution in [0.4, 0.5) is 0 Å². The fourth-order valence-corrected chi connectivity index (χ4v) is 2.15. The fraction of sp³-hybridized carbons (Fsp3) is 0.312. The Hall–Kier alpha value is -2.11. The number of benzene rings is 1. The van der Waals surface area contributed by atoms with E-state index >= 15 is 0 Å². The standard InChI is InChI=1S/C16H20N2O3/c1-18(11-15-7-4-8-21-15)10-14-6-3-2-5-13(14)9-17-16(20)12-19/h2-8,19H,9-12H2,1H3,(H,17,20). The fourth-order valence-electron chi connectivity index (χ4n) is 2.15. The minimum Gasteiger partial charge on any atom is -0.468 e. The molecule has 1 aromatic carbocycles. The summed E-state index contributed by atoms with van der Waals surface area (Å²) in [5.74, 6) is 0.553. The zero-order chi connectivity index (χ0) is 15.1. The van der Waals surface area contributed by atoms with Gasteiger partial charge in [0.05, 0.1) is 12.8 Å². The van der Waals surface area contributed by atoms with Crippen molar-refractivity contribution in [3.63, 3.8) is 0 Å². The number of nitrogens with zero attached hydrogens (tertiary/aromatic N) is 1. The van der Waals surface area contributed by atoms with Crippen LogP contribution in [0.15, 0.2) is 47.1 Å². The number of amides is 1. The molecule has 1 heterocycles. The average molecular weight is 288 g/mol. The highest BCUT2D eigenvalue weighted by Crippen LogP contribution is 2.13. The van der Waals surface area contributed by atoms with Crippen molar-refractivity contribution in [2.45, 2.75) is 19.6 Å². The molecule has 0 saturated carbocycles. The lowest BCUT2D eigenvalue weighted by Gasteiger charge is -2.18. The lowest BCUT2D eigenvalue weighted by atomic mass is 10.1. The number of hydrogen-bond donors (Lipinski definition) is 2. The molecule has 0 atom stereocenters. The molecule has 5 nitrogen and oxygen atoms in total. The van der Waals surface area contributed by atoms with Crippen LogP contribution >= 0.6 is 0 Å². The van der Waals surface area contributed by atoms with Gasteiger partial charge in [0.25, 0.3) is 0 Å². The van der Waals surface area contributed by atoms with Crippen LogP contribution < -0.4 is 5.32 Å². The lowest BCUT2D eigenvalue weighted by molar-refractivity contribution is -0.123. The van der Waals surface area contributed by atoms with E-state index in [2.05, 4.69) is 10.2 Å². The summed E-state index contributed by atoms with van der Waals surface area (Å²) in [4.78, 5) is 13.3. The van der Waals surface area contributed by atoms with Crippen LogP contribution in [0, 0.1) is 0 Å². The van der Waals surface area contributed by atoms with Gasteiger partial charge in [-0.25, -0.2) is 0 Å². The number of rotatable bonds is 7. The highest BCUT2D eigenvalue weighted by molar-refractivity contribution is 5.76. The first kappa shape index (κ1) is 15.3. The third-order valence-corrected chi connectivity index (χ3v) is 3.18. The van der Waals surface area contributed by atoms with Gasteiger partial charge in [-0.05, 0) is 30.3 Å². The Morgan fingerprint density at radius 1 is 1.19 bits per heavy atom. The SMILES string of the molecule is CN(Cc1ccco1)Cc1ccccc1CNC(=O)CO. The molecule has 0 aliphatic rings. The molecule has 112 valence electrons. The number of nitrogens with one attached hydrogen (secondary N) is 1. The maximum absolute atomic E-state index is 11.1. The number of carbonyl (C=O) groups is 1. The van der Waals surface area contributed by atoms with Gasteiger partial charge in [0.15, 0.2) is 0 Å². The van der Waals surface area contributed by atoms with Crippen LogP contribution in [-0.2, 0) is 24.4 Å². The molecule has 1 amide bonds. The quantitative estimate of drug-likeness (QED) is 0.810. The van der Waals surface area contributed by atoms with Crippen molar-refractivity contribution in [2.75, 3.05) is 13.7 Å². The Kier molecular flexibility index (Phi) is 5.54. The number of carbonyl (C=O) groups excluding carboxylic acids is 1. The molecule has 0 aliphatic heterocycles. The predicted molar refractivity (Wildman–Crippen MR) is 79.3 cm³/mol. The molecule has 0 unspecified atom stereocenters. The summed E-state index contributed by atoms with van der Waals surface area (Å²) in [5, 5.41) is 11.4. The number of furan rings is 1. The molecule has 2 aromatic rings. The summed E-state index contributed by atoms with van der Waals surface area (Å²) in [6, 6.07) is 11.8. The van der Waals surface area contributed by atoms with Gasteiger partial charge in [0.2, 0.25) is 5.91 Å². The molecule has 0 spiro atoms. The first-order valence-corrected chi connectivity index (χ1v) is 6.84. The van der Waals surface area contributed by atoms with E-state index in [0.717, 1.165) is 30.0 Å². The first-order valence-electron chi connectivity index (χ1n) is 6.84. The Labute approximate surface area is 124 Å². The summed E-state index contributed by atoms with van der Waals surface area (Å²) in [7, 11) is 2.02. The van der Waals surface area contributed by atoms with E-state index in [1.165, 1.54) is 0 Å². The molecule has 0 fully saturated rings. The van der Waals surface area contributed by atoms with Gasteiger partial charge in [0.1, 0.15) is 12.4 Å². The van der Waals surface area contributed by atoms with Crippen molar-refractivity contribution in [3.8, 4) is 0 Å². The Morgan fingerprint density at radius 3 is 2.62 bits per heavy atom. The Bertz CT molecular complexity index is 567. The van der Waals surface area contributed by atoms with Crippen molar-refractivity contribution in [1.82, 2.24) is 10.2 Å². The largest absolute Gasteiger partial charge is 0.468 e. The van der Waals surface area contributed by atoms with Gasteiger partial charge < -0.3 is 14.8 Å². The predicted octanol–water partition coefficient (Wildman–Crippen LogP) is 1.52. The summed E-state index contributed by atoms with van der Waals surface area (Å²) in [6.45, 7) is 1.42. The molecular weight excluding hydrogens is 268 g/mol. The van der Waals surface area contributed by atoms with E-state index in [4.69, 9.17) is 9.52 Å². The minimum atomic E-state index is -0.486. The summed E-state index contributed by atoms with van der Waals surface area (Å²) in [5.41, 5.74) is 2.19. The average Bonchev–Trinajstić information content (AvgIpc) is 2.98. The van der Waals surface area contributed by atoms with Crippen molar-refractivity contribution >= 4 is 5.91 Å². The molecule has 0 radical (unpaired) electrons. The molecule has 5 heteroatoms. The van der Waals surface area contributed by atoms with Crippen molar-refractivity contribution in [1.29, 1.82) is 0 Å². The smallest absolute Gasteiger partial charge is 0.245 e. The number of hydrogen-bond acceptors (Lipinski definition) is 4. The molecule has 1 aromatic heterocycles. The van der Waals surface area contributed by atoms with E-state index in [9.17, 15) is 4.79 Å². The first-order chi connectivity index (χ1) is 10.2. The molecular formula is C16H20N2O3. The van der Waals surface area contributed by atoms with Gasteiger partial charge in [-0.1, -0.05) is 24.3 Å². The maximum atomic E-state index is 11.1. The second-order valence-electron chi connectivity index (χ2n) is 4.96. The van der Waals surface area contributed by atoms with Gasteiger partial charge >= 0.3 is 0 Å². The van der Waals surface area contributed by atoms with Gasteiger partial charge in [-0.15, -0.1) is 0 Å². The molecule has 0 bridgehead atoms. The van der Waals surface area contributed by atoms with Gasteiger partial charge in [-0.3, -0.25) is 9.69 Å². The normalized spacial score (nSPS) is 10.8. The van der Waals surface area contributed by atoms with E-state index in [1.807, 2.05) is 43.4 Å². The summed E-state index contributed by atoms with van der Waals surface area (Å²) >= 11 is 0. The monoisotopic (exact) mass is 288 g/mol. The highest BCUT2D eigenvalue weighted by Gasteiger charge is 2.08. The van der Waals surface area contributed by atoms with Crippen LogP contribution in [-0.4, -0.2) is 29.6 Å². The third-order valence-electron chi connectivity index (χ3n) is 3.18. The van der Waals surface area contributed by atoms with Crippen LogP contribution in [0.1, 0.15) is 16.9 Å². The lowest BCUT2D eigenvalue weighted by Crippen LogP contribution is -2.26. The van der Waals surface area contributed by atoms with Crippen LogP contribution in [0.2, 0.25) is 0 Å². The van der Waals surface area contributed by atoms with E-state index in [0.29, 0.717) is 6.54 Å². The number of aliphatic hydroxyl groups is 1. The molecule has 0 saturated heterocycles. The van der Waals surface area contributed by atoms with Gasteiger partial charge in [0, 0.05) is 13.1 Å². The second-order valence-corrected chi connectivity index (χ2v) is 4.96. The molecule has 2 rings (SSSR count). The molecule has 2 N–H and O–H groups in total. The van der Waals surface area contributed by atoms with Crippen molar-refractivity contribution in [2.24, 2.45) is 0 Å². The Balaban J connectivity index is 1.97. The molecule has 21 heavy (non-hydrogen) atoms. The summed E-state index contributed by atoms with van der Waals surface area (Å²) < 4.78 is 5.34. The number of aliphatic hydroxyl groups excluding tert-OH is 1. The van der Waals surface area contributed by atoms with E-state index in [-0.39, 0.29) is 5.91 Å². The zero-order valence-corrected chi connectivity index (χ0v) is 12.1. The molecule has 0 aliphatic carbocycles. The van der Waals surface area contributed by atoms with Crippen LogP contribution in [0.5, 0.6) is 0 Å². The highest BCUT2D eigenvalue weighted by atomic mass is 16.3. The van der Waals surface area contributed by atoms with Crippen LogP contribution in [0.25, 0.3) is 0 Å². The van der Waals surface area contributed by atoms with Crippen molar-refractivity contribution in [3.05, 3.63) is 59.5 Å². The topological polar surface area (TPSA) is 65.7 Å². The Morgan fingerprint density at radius 2 is 1.95 bits per heavy atom. The minimum absolute atomic E-state index is 0.367. The van der Waals surface area contributed by atoms with Crippen LogP contribution in [0.3, 0.4) is 0 Å². The second kappa shape index (κ2) is 7.61. The summed E-state index contributed by atoms with van der Waals surface area (Å²) in [6.07, 6.45) is 1.67.